The SMILES string of the molecule is O[C@H](c1cccc2ncccc12)C(F)(F)F. The molecule has 1 heterocycles. The predicted octanol–water partition coefficient (Wildman–Crippen LogP) is 2.83. The van der Waals surface area contributed by atoms with Crippen molar-refractivity contribution in [2.24, 2.45) is 0 Å². The summed E-state index contributed by atoms with van der Waals surface area (Å²) in [6.07, 6.45) is -5.64. The van der Waals surface area contributed by atoms with Crippen molar-refractivity contribution in [1.82, 2.24) is 4.98 Å². The Morgan fingerprint density at radius 3 is 2.56 bits per heavy atom. The summed E-state index contributed by atoms with van der Waals surface area (Å²) in [4.78, 5) is 3.93. The molecule has 2 rings (SSSR count). The summed E-state index contributed by atoms with van der Waals surface area (Å²) < 4.78 is 37.2. The second-order valence-corrected chi connectivity index (χ2v) is 3.36. The maximum atomic E-state index is 12.4. The molecular formula is C11H8F3NO. The lowest BCUT2D eigenvalue weighted by Crippen LogP contribution is -2.20. The van der Waals surface area contributed by atoms with Crippen LogP contribution >= 0.6 is 0 Å². The summed E-state index contributed by atoms with van der Waals surface area (Å²) in [5, 5.41) is 9.52. The van der Waals surface area contributed by atoms with Gasteiger partial charge in [-0.1, -0.05) is 18.2 Å². The summed E-state index contributed by atoms with van der Waals surface area (Å²) in [7, 11) is 0. The first-order chi connectivity index (χ1) is 7.50. The van der Waals surface area contributed by atoms with Crippen molar-refractivity contribution in [3.8, 4) is 0 Å². The number of benzene rings is 1. The first-order valence-electron chi connectivity index (χ1n) is 4.58. The molecule has 0 saturated heterocycles. The van der Waals surface area contributed by atoms with Gasteiger partial charge in [-0.05, 0) is 17.7 Å². The van der Waals surface area contributed by atoms with Crippen molar-refractivity contribution >= 4 is 10.9 Å². The third-order valence-corrected chi connectivity index (χ3v) is 2.28. The quantitative estimate of drug-likeness (QED) is 0.812. The van der Waals surface area contributed by atoms with Crippen molar-refractivity contribution in [2.75, 3.05) is 0 Å². The van der Waals surface area contributed by atoms with Gasteiger partial charge in [0.15, 0.2) is 6.10 Å². The fourth-order valence-corrected chi connectivity index (χ4v) is 1.54. The van der Waals surface area contributed by atoms with Crippen LogP contribution in [0.25, 0.3) is 10.9 Å². The molecule has 1 N–H and O–H groups in total. The fraction of sp³-hybridized carbons (Fsp3) is 0.182. The molecule has 84 valence electrons. The zero-order valence-electron chi connectivity index (χ0n) is 8.07. The normalized spacial score (nSPS) is 14.0. The van der Waals surface area contributed by atoms with Gasteiger partial charge in [-0.3, -0.25) is 4.98 Å². The van der Waals surface area contributed by atoms with Crippen molar-refractivity contribution < 1.29 is 18.3 Å². The number of aromatic nitrogens is 1. The molecule has 0 unspecified atom stereocenters. The highest BCUT2D eigenvalue weighted by Gasteiger charge is 2.40. The van der Waals surface area contributed by atoms with Gasteiger partial charge in [-0.15, -0.1) is 0 Å². The Labute approximate surface area is 89.4 Å². The summed E-state index contributed by atoms with van der Waals surface area (Å²) in [6, 6.07) is 7.34. The van der Waals surface area contributed by atoms with E-state index in [0.717, 1.165) is 0 Å². The van der Waals surface area contributed by atoms with Gasteiger partial charge in [-0.25, -0.2) is 0 Å². The highest BCUT2D eigenvalue weighted by molar-refractivity contribution is 5.82. The van der Waals surface area contributed by atoms with Gasteiger partial charge < -0.3 is 5.11 Å². The van der Waals surface area contributed by atoms with Crippen molar-refractivity contribution in [3.63, 3.8) is 0 Å². The second-order valence-electron chi connectivity index (χ2n) is 3.36. The van der Waals surface area contributed by atoms with Crippen molar-refractivity contribution in [1.29, 1.82) is 0 Å². The lowest BCUT2D eigenvalue weighted by molar-refractivity contribution is -0.206. The topological polar surface area (TPSA) is 33.1 Å². The molecule has 1 atom stereocenters. The van der Waals surface area contributed by atoms with Gasteiger partial charge in [0, 0.05) is 11.6 Å². The Morgan fingerprint density at radius 2 is 1.88 bits per heavy atom. The molecule has 2 nitrogen and oxygen atoms in total. The van der Waals surface area contributed by atoms with Crippen molar-refractivity contribution in [2.45, 2.75) is 12.3 Å². The first kappa shape index (κ1) is 10.9. The number of hydrogen-bond donors (Lipinski definition) is 1. The molecule has 0 saturated carbocycles. The van der Waals surface area contributed by atoms with E-state index in [9.17, 15) is 18.3 Å². The number of fused-ring (bicyclic) bond motifs is 1. The molecule has 0 radical (unpaired) electrons. The smallest absolute Gasteiger partial charge is 0.379 e. The van der Waals surface area contributed by atoms with Crippen LogP contribution in [0.3, 0.4) is 0 Å². The molecular weight excluding hydrogens is 219 g/mol. The van der Waals surface area contributed by atoms with E-state index in [1.807, 2.05) is 0 Å². The number of rotatable bonds is 1. The van der Waals surface area contributed by atoms with E-state index >= 15 is 0 Å². The number of aliphatic hydroxyl groups is 1. The summed E-state index contributed by atoms with van der Waals surface area (Å²) in [6.45, 7) is 0. The standard InChI is InChI=1S/C11H8F3NO/c12-11(13,14)10(16)8-3-1-5-9-7(8)4-2-6-15-9/h1-6,10,16H/t10-/m1/s1. The third kappa shape index (κ3) is 1.86. The molecule has 16 heavy (non-hydrogen) atoms. The lowest BCUT2D eigenvalue weighted by Gasteiger charge is -2.16. The molecule has 1 aromatic heterocycles. The molecule has 0 bridgehead atoms. The molecule has 0 aliphatic carbocycles. The van der Waals surface area contributed by atoms with E-state index < -0.39 is 12.3 Å². The summed E-state index contributed by atoms with van der Waals surface area (Å²) in [5.41, 5.74) is 0.265. The van der Waals surface area contributed by atoms with Gasteiger partial charge in [0.05, 0.1) is 5.52 Å². The third-order valence-electron chi connectivity index (χ3n) is 2.28. The highest BCUT2D eigenvalue weighted by Crippen LogP contribution is 2.35. The highest BCUT2D eigenvalue weighted by atomic mass is 19.4. The number of nitrogens with zero attached hydrogens (tertiary/aromatic N) is 1. The fourth-order valence-electron chi connectivity index (χ4n) is 1.54. The van der Waals surface area contributed by atoms with E-state index in [2.05, 4.69) is 4.98 Å². The minimum absolute atomic E-state index is 0.168. The average Bonchev–Trinajstić information content (AvgIpc) is 2.26. The van der Waals surface area contributed by atoms with Gasteiger partial charge in [-0.2, -0.15) is 13.2 Å². The summed E-state index contributed by atoms with van der Waals surface area (Å²) >= 11 is 0. The molecule has 0 aliphatic heterocycles. The van der Waals surface area contributed by atoms with Gasteiger partial charge in [0.2, 0.25) is 0 Å². The molecule has 2 aromatic rings. The Morgan fingerprint density at radius 1 is 1.12 bits per heavy atom. The van der Waals surface area contributed by atoms with Crippen LogP contribution in [0.1, 0.15) is 11.7 Å². The molecule has 5 heteroatoms. The average molecular weight is 227 g/mol. The Hall–Kier alpha value is -1.62. The van der Waals surface area contributed by atoms with E-state index in [-0.39, 0.29) is 5.56 Å². The number of halogens is 3. The number of pyridine rings is 1. The van der Waals surface area contributed by atoms with E-state index in [4.69, 9.17) is 0 Å². The monoisotopic (exact) mass is 227 g/mol. The van der Waals surface area contributed by atoms with Crippen LogP contribution in [0.4, 0.5) is 13.2 Å². The molecule has 0 aliphatic rings. The number of alkyl halides is 3. The maximum Gasteiger partial charge on any atom is 0.418 e. The minimum Gasteiger partial charge on any atom is -0.379 e. The molecule has 1 aromatic carbocycles. The Kier molecular flexibility index (Phi) is 2.55. The van der Waals surface area contributed by atoms with Gasteiger partial charge >= 0.3 is 6.18 Å². The Balaban J connectivity index is 2.61. The molecule has 0 spiro atoms. The van der Waals surface area contributed by atoms with E-state index in [1.54, 1.807) is 6.07 Å². The number of aliphatic hydroxyl groups excluding tert-OH is 1. The predicted molar refractivity (Wildman–Crippen MR) is 52.8 cm³/mol. The minimum atomic E-state index is -4.66. The van der Waals surface area contributed by atoms with Crippen LogP contribution in [-0.2, 0) is 0 Å². The van der Waals surface area contributed by atoms with Crippen molar-refractivity contribution in [3.05, 3.63) is 42.1 Å². The van der Waals surface area contributed by atoms with Crippen LogP contribution in [0, 0.1) is 0 Å². The zero-order chi connectivity index (χ0) is 11.8. The Bertz CT molecular complexity index is 505. The van der Waals surface area contributed by atoms with Gasteiger partial charge in [0.25, 0.3) is 0 Å². The van der Waals surface area contributed by atoms with E-state index in [0.29, 0.717) is 10.9 Å². The summed E-state index contributed by atoms with van der Waals surface area (Å²) in [5.74, 6) is 0. The lowest BCUT2D eigenvalue weighted by atomic mass is 10.0. The number of hydrogen-bond acceptors (Lipinski definition) is 2. The molecule has 0 amide bonds. The van der Waals surface area contributed by atoms with Crippen LogP contribution < -0.4 is 0 Å². The van der Waals surface area contributed by atoms with E-state index in [1.165, 1.54) is 30.5 Å². The maximum absolute atomic E-state index is 12.4. The van der Waals surface area contributed by atoms with Crippen LogP contribution in [0.5, 0.6) is 0 Å². The van der Waals surface area contributed by atoms with Gasteiger partial charge in [0.1, 0.15) is 0 Å². The van der Waals surface area contributed by atoms with Crippen LogP contribution in [0.15, 0.2) is 36.5 Å². The molecule has 0 fully saturated rings. The largest absolute Gasteiger partial charge is 0.418 e. The second kappa shape index (κ2) is 3.75. The first-order valence-corrected chi connectivity index (χ1v) is 4.58. The zero-order valence-corrected chi connectivity index (χ0v) is 8.07. The van der Waals surface area contributed by atoms with Crippen LogP contribution in [-0.4, -0.2) is 16.3 Å². The van der Waals surface area contributed by atoms with Crippen LogP contribution in [0.2, 0.25) is 0 Å².